The Bertz CT molecular complexity index is 739. The largest absolute Gasteiger partial charge is 0.148 e. The van der Waals surface area contributed by atoms with Crippen LogP contribution < -0.4 is 0 Å². The van der Waals surface area contributed by atoms with Crippen LogP contribution >= 0.6 is 11.3 Å². The van der Waals surface area contributed by atoms with Crippen LogP contribution in [0.2, 0.25) is 0 Å². The lowest BCUT2D eigenvalue weighted by Crippen LogP contribution is -2.23. The molecule has 1 fully saturated rings. The van der Waals surface area contributed by atoms with Crippen LogP contribution in [0.3, 0.4) is 0 Å². The lowest BCUT2D eigenvalue weighted by atomic mass is 9.68. The zero-order chi connectivity index (χ0) is 16.9. The summed E-state index contributed by atoms with van der Waals surface area (Å²) in [7, 11) is 0. The molecule has 0 saturated heterocycles. The Morgan fingerprint density at radius 1 is 0.680 bits per heavy atom. The molecule has 128 valence electrons. The molecule has 3 aromatic rings. The molecule has 1 saturated carbocycles. The molecule has 2 unspecified atom stereocenters. The molecule has 0 spiro atoms. The molecule has 1 heteroatoms. The Hall–Kier alpha value is -1.86. The average Bonchev–Trinajstić information content (AvgIpc) is 3.22. The van der Waals surface area contributed by atoms with Gasteiger partial charge in [0.15, 0.2) is 0 Å². The van der Waals surface area contributed by atoms with Crippen molar-refractivity contribution in [1.82, 2.24) is 0 Å². The molecule has 1 aromatic heterocycles. The summed E-state index contributed by atoms with van der Waals surface area (Å²) in [6, 6.07) is 27.0. The number of rotatable bonds is 5. The average molecular weight is 347 g/mol. The molecule has 0 aliphatic heterocycles. The van der Waals surface area contributed by atoms with Crippen LogP contribution in [0.5, 0.6) is 0 Å². The highest BCUT2D eigenvalue weighted by Gasteiger charge is 2.34. The molecule has 2 atom stereocenters. The summed E-state index contributed by atoms with van der Waals surface area (Å²) in [4.78, 5) is 1.51. The molecular formula is C24H26S. The Labute approximate surface area is 155 Å². The number of hydrogen-bond donors (Lipinski definition) is 0. The second kappa shape index (κ2) is 8.01. The molecule has 1 aliphatic carbocycles. The lowest BCUT2D eigenvalue weighted by Gasteiger charge is -2.36. The van der Waals surface area contributed by atoms with Gasteiger partial charge in [-0.15, -0.1) is 11.3 Å². The van der Waals surface area contributed by atoms with E-state index in [0.29, 0.717) is 11.8 Å². The smallest absolute Gasteiger partial charge is 0.0255 e. The van der Waals surface area contributed by atoms with Crippen molar-refractivity contribution >= 4 is 11.3 Å². The van der Waals surface area contributed by atoms with Gasteiger partial charge in [0.05, 0.1) is 0 Å². The van der Waals surface area contributed by atoms with Crippen molar-refractivity contribution in [2.24, 2.45) is 5.92 Å². The van der Waals surface area contributed by atoms with E-state index in [2.05, 4.69) is 78.2 Å². The predicted molar refractivity (Wildman–Crippen MR) is 108 cm³/mol. The standard InChI is InChI=1S/C24H26S/c1-4-11-19(12-5-1)23(20-13-6-2-7-14-20)24(22-17-10-18-25-22)21-15-8-3-9-16-21/h1,3-5,8-12,15-18,20,23-24H,2,6-7,13-14H2. The second-order valence-corrected chi connectivity index (χ2v) is 8.22. The summed E-state index contributed by atoms with van der Waals surface area (Å²) in [5.41, 5.74) is 2.97. The van der Waals surface area contributed by atoms with E-state index in [9.17, 15) is 0 Å². The van der Waals surface area contributed by atoms with Crippen LogP contribution in [-0.4, -0.2) is 0 Å². The topological polar surface area (TPSA) is 0 Å². The van der Waals surface area contributed by atoms with E-state index in [4.69, 9.17) is 0 Å². The van der Waals surface area contributed by atoms with Gasteiger partial charge >= 0.3 is 0 Å². The van der Waals surface area contributed by atoms with Gasteiger partial charge in [-0.1, -0.05) is 86.0 Å². The molecule has 2 aromatic carbocycles. The third-order valence-corrected chi connectivity index (χ3v) is 6.67. The first-order chi connectivity index (χ1) is 12.4. The minimum atomic E-state index is 0.465. The van der Waals surface area contributed by atoms with Crippen molar-refractivity contribution in [3.8, 4) is 0 Å². The van der Waals surface area contributed by atoms with Gasteiger partial charge in [0.1, 0.15) is 0 Å². The first kappa shape index (κ1) is 16.6. The maximum Gasteiger partial charge on any atom is 0.0255 e. The minimum absolute atomic E-state index is 0.465. The first-order valence-corrected chi connectivity index (χ1v) is 10.4. The van der Waals surface area contributed by atoms with Crippen LogP contribution in [0.4, 0.5) is 0 Å². The van der Waals surface area contributed by atoms with Crippen LogP contribution in [0.15, 0.2) is 78.2 Å². The summed E-state index contributed by atoms with van der Waals surface area (Å²) in [5.74, 6) is 1.82. The van der Waals surface area contributed by atoms with Gasteiger partial charge in [0.25, 0.3) is 0 Å². The fourth-order valence-electron chi connectivity index (χ4n) is 4.58. The molecule has 25 heavy (non-hydrogen) atoms. The van der Waals surface area contributed by atoms with Crippen molar-refractivity contribution < 1.29 is 0 Å². The Morgan fingerprint density at radius 2 is 1.32 bits per heavy atom. The molecule has 0 nitrogen and oxygen atoms in total. The summed E-state index contributed by atoms with van der Waals surface area (Å²) < 4.78 is 0. The summed E-state index contributed by atoms with van der Waals surface area (Å²) in [6.45, 7) is 0. The fraction of sp³-hybridized carbons (Fsp3) is 0.333. The van der Waals surface area contributed by atoms with Crippen LogP contribution in [-0.2, 0) is 0 Å². The van der Waals surface area contributed by atoms with Crippen molar-refractivity contribution in [3.63, 3.8) is 0 Å². The van der Waals surface area contributed by atoms with E-state index < -0.39 is 0 Å². The van der Waals surface area contributed by atoms with Crippen molar-refractivity contribution in [3.05, 3.63) is 94.2 Å². The monoisotopic (exact) mass is 346 g/mol. The number of benzene rings is 2. The molecule has 0 N–H and O–H groups in total. The zero-order valence-corrected chi connectivity index (χ0v) is 15.5. The number of hydrogen-bond acceptors (Lipinski definition) is 1. The molecular weight excluding hydrogens is 320 g/mol. The third kappa shape index (κ3) is 3.72. The van der Waals surface area contributed by atoms with E-state index in [-0.39, 0.29) is 0 Å². The van der Waals surface area contributed by atoms with Crippen LogP contribution in [0.1, 0.15) is 59.9 Å². The Balaban J connectivity index is 1.81. The highest BCUT2D eigenvalue weighted by atomic mass is 32.1. The molecule has 1 heterocycles. The maximum absolute atomic E-state index is 2.35. The molecule has 4 rings (SSSR count). The van der Waals surface area contributed by atoms with Gasteiger partial charge in [0, 0.05) is 10.8 Å². The predicted octanol–water partition coefficient (Wildman–Crippen LogP) is 7.24. The Kier molecular flexibility index (Phi) is 5.32. The second-order valence-electron chi connectivity index (χ2n) is 7.24. The van der Waals surface area contributed by atoms with Crippen molar-refractivity contribution in [2.75, 3.05) is 0 Å². The van der Waals surface area contributed by atoms with Gasteiger partial charge in [0.2, 0.25) is 0 Å². The summed E-state index contributed by atoms with van der Waals surface area (Å²) in [6.07, 6.45) is 6.93. The van der Waals surface area contributed by atoms with Gasteiger partial charge in [-0.25, -0.2) is 0 Å². The van der Waals surface area contributed by atoms with E-state index in [0.717, 1.165) is 5.92 Å². The molecule has 0 bridgehead atoms. The Morgan fingerprint density at radius 3 is 1.92 bits per heavy atom. The maximum atomic E-state index is 2.35. The number of thiophene rings is 1. The first-order valence-electron chi connectivity index (χ1n) is 9.57. The van der Waals surface area contributed by atoms with E-state index in [1.54, 1.807) is 0 Å². The van der Waals surface area contributed by atoms with Gasteiger partial charge in [-0.3, -0.25) is 0 Å². The lowest BCUT2D eigenvalue weighted by molar-refractivity contribution is 0.289. The zero-order valence-electron chi connectivity index (χ0n) is 14.7. The third-order valence-electron chi connectivity index (χ3n) is 5.71. The van der Waals surface area contributed by atoms with Crippen LogP contribution in [0.25, 0.3) is 0 Å². The fourth-order valence-corrected chi connectivity index (χ4v) is 5.48. The normalized spacial score (nSPS) is 17.9. The quantitative estimate of drug-likeness (QED) is 0.456. The SMILES string of the molecule is c1ccc(C(c2cccs2)C(c2ccccc2)C2CCCCC2)cc1. The molecule has 1 aliphatic rings. The minimum Gasteiger partial charge on any atom is -0.148 e. The van der Waals surface area contributed by atoms with Crippen LogP contribution in [0, 0.1) is 5.92 Å². The van der Waals surface area contributed by atoms with E-state index in [1.165, 1.54) is 48.1 Å². The molecule has 0 amide bonds. The van der Waals surface area contributed by atoms with Crippen molar-refractivity contribution in [2.45, 2.75) is 43.9 Å². The van der Waals surface area contributed by atoms with E-state index in [1.807, 2.05) is 11.3 Å². The van der Waals surface area contributed by atoms with Gasteiger partial charge in [-0.2, -0.15) is 0 Å². The van der Waals surface area contributed by atoms with Crippen molar-refractivity contribution in [1.29, 1.82) is 0 Å². The van der Waals surface area contributed by atoms with Gasteiger partial charge in [-0.05, 0) is 47.3 Å². The summed E-state index contributed by atoms with van der Waals surface area (Å²) in [5, 5.41) is 2.23. The van der Waals surface area contributed by atoms with Gasteiger partial charge < -0.3 is 0 Å². The highest BCUT2D eigenvalue weighted by molar-refractivity contribution is 7.10. The molecule has 0 radical (unpaired) electrons. The van der Waals surface area contributed by atoms with E-state index >= 15 is 0 Å². The highest BCUT2D eigenvalue weighted by Crippen LogP contribution is 2.48. The summed E-state index contributed by atoms with van der Waals surface area (Å²) >= 11 is 1.91.